The lowest BCUT2D eigenvalue weighted by atomic mass is 10.0. The Kier molecular flexibility index (Phi) is 3.40. The first-order valence-corrected chi connectivity index (χ1v) is 6.78. The second-order valence-corrected chi connectivity index (χ2v) is 5.37. The van der Waals surface area contributed by atoms with Crippen LogP contribution in [-0.4, -0.2) is 52.7 Å². The van der Waals surface area contributed by atoms with Crippen molar-refractivity contribution in [3.8, 4) is 0 Å². The molecule has 0 radical (unpaired) electrons. The molecule has 2 aromatic rings. The fourth-order valence-electron chi connectivity index (χ4n) is 2.78. The molecule has 0 amide bonds. The minimum atomic E-state index is -0.352. The highest BCUT2D eigenvalue weighted by atomic mass is 16.5. The predicted octanol–water partition coefficient (Wildman–Crippen LogP) is 1.01. The van der Waals surface area contributed by atoms with Crippen LogP contribution in [0.25, 0.3) is 5.65 Å². The van der Waals surface area contributed by atoms with E-state index in [1.165, 1.54) is 13.5 Å². The van der Waals surface area contributed by atoms with Crippen LogP contribution in [0.5, 0.6) is 0 Å². The lowest BCUT2D eigenvalue weighted by Gasteiger charge is -2.09. The molecule has 106 valence electrons. The summed E-state index contributed by atoms with van der Waals surface area (Å²) in [6.07, 6.45) is 3.96. The molecule has 1 aliphatic rings. The summed E-state index contributed by atoms with van der Waals surface area (Å²) in [7, 11) is 3.52. The van der Waals surface area contributed by atoms with Gasteiger partial charge in [-0.15, -0.1) is 10.2 Å². The fourth-order valence-corrected chi connectivity index (χ4v) is 2.78. The number of rotatable bonds is 3. The van der Waals surface area contributed by atoms with E-state index in [1.807, 2.05) is 10.6 Å². The number of carbonyl (C=O) groups is 1. The standard InChI is InChI=1S/C14H18N4O2/c1-17-5-3-10(9-17)7-12-15-16-13-8-11(14(19)20-2)4-6-18(12)13/h4,6,8,10H,3,5,7,9H2,1-2H3. The number of esters is 1. The number of aromatic nitrogens is 3. The highest BCUT2D eigenvalue weighted by molar-refractivity contribution is 5.90. The van der Waals surface area contributed by atoms with E-state index >= 15 is 0 Å². The van der Waals surface area contributed by atoms with E-state index in [0.29, 0.717) is 17.1 Å². The van der Waals surface area contributed by atoms with Crippen LogP contribution in [0.2, 0.25) is 0 Å². The molecule has 0 saturated carbocycles. The second-order valence-electron chi connectivity index (χ2n) is 5.37. The van der Waals surface area contributed by atoms with Crippen LogP contribution in [0.1, 0.15) is 22.6 Å². The van der Waals surface area contributed by atoms with Crippen LogP contribution in [0.3, 0.4) is 0 Å². The summed E-state index contributed by atoms with van der Waals surface area (Å²) in [4.78, 5) is 13.8. The second kappa shape index (κ2) is 5.20. The maximum atomic E-state index is 11.5. The molecule has 0 aromatic carbocycles. The van der Waals surface area contributed by atoms with Gasteiger partial charge in [-0.1, -0.05) is 0 Å². The first kappa shape index (κ1) is 13.1. The Morgan fingerprint density at radius 2 is 2.35 bits per heavy atom. The summed E-state index contributed by atoms with van der Waals surface area (Å²) in [5, 5.41) is 8.40. The van der Waals surface area contributed by atoms with Crippen LogP contribution in [-0.2, 0) is 11.2 Å². The minimum absolute atomic E-state index is 0.352. The maximum Gasteiger partial charge on any atom is 0.338 e. The molecule has 0 bridgehead atoms. The van der Waals surface area contributed by atoms with Gasteiger partial charge in [-0.3, -0.25) is 4.40 Å². The van der Waals surface area contributed by atoms with Crippen LogP contribution in [0.4, 0.5) is 0 Å². The Morgan fingerprint density at radius 1 is 1.50 bits per heavy atom. The summed E-state index contributed by atoms with van der Waals surface area (Å²) in [5.74, 6) is 1.24. The molecule has 1 fully saturated rings. The van der Waals surface area contributed by atoms with Gasteiger partial charge in [-0.25, -0.2) is 4.79 Å². The van der Waals surface area contributed by atoms with Crippen molar-refractivity contribution >= 4 is 11.6 Å². The van der Waals surface area contributed by atoms with E-state index in [4.69, 9.17) is 4.74 Å². The average Bonchev–Trinajstić information content (AvgIpc) is 3.05. The van der Waals surface area contributed by atoms with Crippen LogP contribution in [0, 0.1) is 5.92 Å². The van der Waals surface area contributed by atoms with E-state index in [2.05, 4.69) is 22.1 Å². The van der Waals surface area contributed by atoms with E-state index in [-0.39, 0.29) is 5.97 Å². The molecule has 0 N–H and O–H groups in total. The van der Waals surface area contributed by atoms with Crippen molar-refractivity contribution in [2.75, 3.05) is 27.2 Å². The molecule has 0 spiro atoms. The number of pyridine rings is 1. The normalized spacial score (nSPS) is 19.6. The van der Waals surface area contributed by atoms with Crippen molar-refractivity contribution in [2.45, 2.75) is 12.8 Å². The zero-order valence-electron chi connectivity index (χ0n) is 11.7. The number of fused-ring (bicyclic) bond motifs is 1. The zero-order valence-corrected chi connectivity index (χ0v) is 11.7. The molecule has 1 saturated heterocycles. The van der Waals surface area contributed by atoms with E-state index in [9.17, 15) is 4.79 Å². The van der Waals surface area contributed by atoms with Crippen molar-refractivity contribution in [1.82, 2.24) is 19.5 Å². The van der Waals surface area contributed by atoms with Gasteiger partial charge in [-0.2, -0.15) is 0 Å². The minimum Gasteiger partial charge on any atom is -0.465 e. The smallest absolute Gasteiger partial charge is 0.338 e. The number of hydrogen-bond acceptors (Lipinski definition) is 5. The first-order valence-electron chi connectivity index (χ1n) is 6.78. The molecule has 3 heterocycles. The van der Waals surface area contributed by atoms with Crippen molar-refractivity contribution in [3.05, 3.63) is 29.7 Å². The maximum absolute atomic E-state index is 11.5. The van der Waals surface area contributed by atoms with Crippen molar-refractivity contribution in [1.29, 1.82) is 0 Å². The van der Waals surface area contributed by atoms with Crippen molar-refractivity contribution < 1.29 is 9.53 Å². The Morgan fingerprint density at radius 3 is 3.05 bits per heavy atom. The molecule has 2 aromatic heterocycles. The van der Waals surface area contributed by atoms with Gasteiger partial charge >= 0.3 is 5.97 Å². The van der Waals surface area contributed by atoms with Crippen LogP contribution >= 0.6 is 0 Å². The van der Waals surface area contributed by atoms with Gasteiger partial charge in [0.05, 0.1) is 12.7 Å². The molecular weight excluding hydrogens is 256 g/mol. The number of hydrogen-bond donors (Lipinski definition) is 0. The SMILES string of the molecule is COC(=O)c1ccn2c(CC3CCN(C)C3)nnc2c1. The van der Waals surface area contributed by atoms with E-state index < -0.39 is 0 Å². The van der Waals surface area contributed by atoms with Gasteiger partial charge in [0.25, 0.3) is 0 Å². The van der Waals surface area contributed by atoms with Gasteiger partial charge < -0.3 is 9.64 Å². The monoisotopic (exact) mass is 274 g/mol. The van der Waals surface area contributed by atoms with Gasteiger partial charge in [0, 0.05) is 19.2 Å². The summed E-state index contributed by atoms with van der Waals surface area (Å²) in [5.41, 5.74) is 1.19. The quantitative estimate of drug-likeness (QED) is 0.782. The number of likely N-dealkylation sites (tertiary alicyclic amines) is 1. The highest BCUT2D eigenvalue weighted by Gasteiger charge is 2.22. The number of ether oxygens (including phenoxy) is 1. The first-order chi connectivity index (χ1) is 9.67. The predicted molar refractivity (Wildman–Crippen MR) is 73.6 cm³/mol. The van der Waals surface area contributed by atoms with Gasteiger partial charge in [0.1, 0.15) is 5.82 Å². The Labute approximate surface area is 117 Å². The zero-order chi connectivity index (χ0) is 14.1. The lowest BCUT2D eigenvalue weighted by Crippen LogP contribution is -2.15. The lowest BCUT2D eigenvalue weighted by molar-refractivity contribution is 0.0600. The average molecular weight is 274 g/mol. The van der Waals surface area contributed by atoms with E-state index in [1.54, 1.807) is 12.1 Å². The molecular formula is C14H18N4O2. The number of nitrogens with zero attached hydrogens (tertiary/aromatic N) is 4. The van der Waals surface area contributed by atoms with Crippen LogP contribution < -0.4 is 0 Å². The van der Waals surface area contributed by atoms with Gasteiger partial charge in [0.15, 0.2) is 5.65 Å². The number of carbonyl (C=O) groups excluding carboxylic acids is 1. The Bertz CT molecular complexity index is 637. The Hall–Kier alpha value is -1.95. The third-order valence-electron chi connectivity index (χ3n) is 3.86. The van der Waals surface area contributed by atoms with Crippen LogP contribution in [0.15, 0.2) is 18.3 Å². The summed E-state index contributed by atoms with van der Waals surface area (Å²) in [6, 6.07) is 3.45. The fraction of sp³-hybridized carbons (Fsp3) is 0.500. The molecule has 1 unspecified atom stereocenters. The third kappa shape index (κ3) is 2.38. The topological polar surface area (TPSA) is 59.7 Å². The largest absolute Gasteiger partial charge is 0.465 e. The summed E-state index contributed by atoms with van der Waals surface area (Å²) >= 11 is 0. The summed E-state index contributed by atoms with van der Waals surface area (Å²) in [6.45, 7) is 2.25. The molecule has 3 rings (SSSR count). The van der Waals surface area contributed by atoms with Gasteiger partial charge in [0.2, 0.25) is 0 Å². The van der Waals surface area contributed by atoms with Crippen molar-refractivity contribution in [3.63, 3.8) is 0 Å². The molecule has 1 atom stereocenters. The summed E-state index contributed by atoms with van der Waals surface area (Å²) < 4.78 is 6.66. The molecule has 0 aliphatic carbocycles. The van der Waals surface area contributed by atoms with Gasteiger partial charge in [-0.05, 0) is 38.1 Å². The molecule has 6 heteroatoms. The molecule has 20 heavy (non-hydrogen) atoms. The molecule has 6 nitrogen and oxygen atoms in total. The molecule has 1 aliphatic heterocycles. The Balaban J connectivity index is 1.84. The number of methoxy groups -OCH3 is 1. The van der Waals surface area contributed by atoms with Crippen molar-refractivity contribution in [2.24, 2.45) is 5.92 Å². The third-order valence-corrected chi connectivity index (χ3v) is 3.86. The highest BCUT2D eigenvalue weighted by Crippen LogP contribution is 2.19. The van der Waals surface area contributed by atoms with E-state index in [0.717, 1.165) is 25.3 Å².